The van der Waals surface area contributed by atoms with Crippen LogP contribution in [0.4, 0.5) is 0 Å². The molecule has 2 fully saturated rings. The van der Waals surface area contributed by atoms with E-state index in [1.807, 2.05) is 31.2 Å². The Balaban J connectivity index is 1.26. The minimum atomic E-state index is -0.108. The number of halogens is 1. The number of fused-ring (bicyclic) bond motifs is 5. The summed E-state index contributed by atoms with van der Waals surface area (Å²) >= 11 is 5.92. The molecule has 4 unspecified atom stereocenters. The van der Waals surface area contributed by atoms with Crippen molar-refractivity contribution in [2.75, 3.05) is 19.6 Å². The average Bonchev–Trinajstić information content (AvgIpc) is 3.39. The third-order valence-corrected chi connectivity index (χ3v) is 6.34. The standard InChI is InChI=1S/C22H27ClN4O2/c1-2-24-22(26-13-14-4-8-17(23)9-5-14)25-10-3-11-27-20(28)18-15-6-7-16(12-15)19(18)21(27)29/h4-9,15-16,18-19H,2-3,10-13H2,1H3,(H2,24,25,26). The van der Waals surface area contributed by atoms with Gasteiger partial charge in [0.15, 0.2) is 5.96 Å². The van der Waals surface area contributed by atoms with E-state index < -0.39 is 0 Å². The van der Waals surface area contributed by atoms with Crippen LogP contribution in [0.25, 0.3) is 0 Å². The molecule has 1 heterocycles. The lowest BCUT2D eigenvalue weighted by atomic mass is 9.85. The highest BCUT2D eigenvalue weighted by atomic mass is 35.5. The van der Waals surface area contributed by atoms with Gasteiger partial charge in [-0.3, -0.25) is 14.5 Å². The van der Waals surface area contributed by atoms with Crippen molar-refractivity contribution in [3.63, 3.8) is 0 Å². The van der Waals surface area contributed by atoms with Crippen LogP contribution in [0.2, 0.25) is 5.02 Å². The number of carbonyl (C=O) groups is 2. The first-order chi connectivity index (χ1) is 14.1. The summed E-state index contributed by atoms with van der Waals surface area (Å²) in [5.74, 6) is 1.10. The summed E-state index contributed by atoms with van der Waals surface area (Å²) in [6.07, 6.45) is 5.92. The first kappa shape index (κ1) is 20.0. The topological polar surface area (TPSA) is 73.8 Å². The van der Waals surface area contributed by atoms with Gasteiger partial charge in [-0.05, 0) is 49.3 Å². The summed E-state index contributed by atoms with van der Waals surface area (Å²) < 4.78 is 0. The maximum Gasteiger partial charge on any atom is 0.233 e. The largest absolute Gasteiger partial charge is 0.357 e. The summed E-state index contributed by atoms with van der Waals surface area (Å²) in [5.41, 5.74) is 1.08. The number of hydrogen-bond donors (Lipinski definition) is 2. The van der Waals surface area contributed by atoms with Gasteiger partial charge in [0.25, 0.3) is 0 Å². The van der Waals surface area contributed by atoms with Gasteiger partial charge in [0.05, 0.1) is 18.4 Å². The van der Waals surface area contributed by atoms with E-state index in [0.717, 1.165) is 24.5 Å². The number of amides is 2. The highest BCUT2D eigenvalue weighted by Gasteiger charge is 2.58. The van der Waals surface area contributed by atoms with Crippen LogP contribution < -0.4 is 10.6 Å². The van der Waals surface area contributed by atoms with E-state index in [1.165, 1.54) is 4.90 Å². The van der Waals surface area contributed by atoms with Crippen molar-refractivity contribution < 1.29 is 9.59 Å². The number of aliphatic imine (C=N–C) groups is 1. The number of nitrogens with one attached hydrogen (secondary N) is 2. The molecule has 4 atom stereocenters. The zero-order valence-corrected chi connectivity index (χ0v) is 17.4. The van der Waals surface area contributed by atoms with Crippen molar-refractivity contribution in [3.8, 4) is 0 Å². The molecule has 0 radical (unpaired) electrons. The summed E-state index contributed by atoms with van der Waals surface area (Å²) in [6.45, 7) is 4.43. The molecule has 154 valence electrons. The van der Waals surface area contributed by atoms with E-state index in [9.17, 15) is 9.59 Å². The minimum absolute atomic E-state index is 0.0279. The molecule has 29 heavy (non-hydrogen) atoms. The van der Waals surface area contributed by atoms with Crippen molar-refractivity contribution in [2.24, 2.45) is 28.7 Å². The van der Waals surface area contributed by atoms with Gasteiger partial charge < -0.3 is 10.6 Å². The number of allylic oxidation sites excluding steroid dienone is 2. The second-order valence-electron chi connectivity index (χ2n) is 7.93. The van der Waals surface area contributed by atoms with E-state index in [1.54, 1.807) is 0 Å². The Morgan fingerprint density at radius 3 is 2.38 bits per heavy atom. The molecule has 0 spiro atoms. The fraction of sp³-hybridized carbons (Fsp3) is 0.500. The Hall–Kier alpha value is -2.34. The molecule has 7 heteroatoms. The number of guanidine groups is 1. The molecule has 6 nitrogen and oxygen atoms in total. The Morgan fingerprint density at radius 1 is 1.10 bits per heavy atom. The second-order valence-corrected chi connectivity index (χ2v) is 8.37. The van der Waals surface area contributed by atoms with Crippen LogP contribution in [0.5, 0.6) is 0 Å². The van der Waals surface area contributed by atoms with Gasteiger partial charge in [-0.15, -0.1) is 0 Å². The van der Waals surface area contributed by atoms with Crippen LogP contribution in [0.1, 0.15) is 25.3 Å². The van der Waals surface area contributed by atoms with Gasteiger partial charge in [-0.25, -0.2) is 4.99 Å². The van der Waals surface area contributed by atoms with Gasteiger partial charge in [0.2, 0.25) is 11.8 Å². The summed E-state index contributed by atoms with van der Waals surface area (Å²) in [4.78, 5) is 31.5. The molecular formula is C22H27ClN4O2. The molecule has 2 bridgehead atoms. The van der Waals surface area contributed by atoms with Crippen molar-refractivity contribution in [2.45, 2.75) is 26.3 Å². The zero-order chi connectivity index (χ0) is 20.4. The molecule has 1 aromatic carbocycles. The molecule has 0 aromatic heterocycles. The minimum Gasteiger partial charge on any atom is -0.357 e. The Kier molecular flexibility index (Phi) is 5.90. The van der Waals surface area contributed by atoms with Crippen LogP contribution in [0.15, 0.2) is 41.4 Å². The number of carbonyl (C=O) groups excluding carboxylic acids is 2. The van der Waals surface area contributed by atoms with Gasteiger partial charge in [-0.1, -0.05) is 35.9 Å². The molecule has 1 saturated heterocycles. The smallest absolute Gasteiger partial charge is 0.233 e. The first-order valence-electron chi connectivity index (χ1n) is 10.4. The lowest BCUT2D eigenvalue weighted by Gasteiger charge is -2.18. The van der Waals surface area contributed by atoms with E-state index in [-0.39, 0.29) is 35.5 Å². The van der Waals surface area contributed by atoms with Crippen LogP contribution in [-0.2, 0) is 16.1 Å². The van der Waals surface area contributed by atoms with E-state index >= 15 is 0 Å². The summed E-state index contributed by atoms with van der Waals surface area (Å²) in [6, 6.07) is 7.62. The number of hydrogen-bond acceptors (Lipinski definition) is 3. The maximum atomic E-state index is 12.7. The molecule has 1 aliphatic heterocycles. The van der Waals surface area contributed by atoms with E-state index in [4.69, 9.17) is 11.6 Å². The van der Waals surface area contributed by atoms with Crippen molar-refractivity contribution in [1.29, 1.82) is 0 Å². The molecule has 4 rings (SSSR count). The fourth-order valence-corrected chi connectivity index (χ4v) is 4.86. The number of nitrogens with zero attached hydrogens (tertiary/aromatic N) is 2. The van der Waals surface area contributed by atoms with Crippen LogP contribution in [-0.4, -0.2) is 42.3 Å². The van der Waals surface area contributed by atoms with Crippen molar-refractivity contribution in [3.05, 3.63) is 47.0 Å². The molecular weight excluding hydrogens is 388 g/mol. The average molecular weight is 415 g/mol. The highest BCUT2D eigenvalue weighted by Crippen LogP contribution is 2.52. The molecule has 3 aliphatic rings. The van der Waals surface area contributed by atoms with Gasteiger partial charge in [-0.2, -0.15) is 0 Å². The first-order valence-corrected chi connectivity index (χ1v) is 10.8. The quantitative estimate of drug-likeness (QED) is 0.236. The second kappa shape index (κ2) is 8.57. The monoisotopic (exact) mass is 414 g/mol. The van der Waals surface area contributed by atoms with Crippen molar-refractivity contribution in [1.82, 2.24) is 15.5 Å². The third-order valence-electron chi connectivity index (χ3n) is 6.09. The number of likely N-dealkylation sites (tertiary alicyclic amines) is 1. The van der Waals surface area contributed by atoms with E-state index in [0.29, 0.717) is 31.1 Å². The molecule has 2 amide bonds. The van der Waals surface area contributed by atoms with Crippen molar-refractivity contribution >= 4 is 29.4 Å². The Bertz CT molecular complexity index is 806. The van der Waals surface area contributed by atoms with Crippen LogP contribution >= 0.6 is 11.6 Å². The predicted octanol–water partition coefficient (Wildman–Crippen LogP) is 2.59. The van der Waals surface area contributed by atoms with Crippen LogP contribution in [0, 0.1) is 23.7 Å². The molecule has 1 saturated carbocycles. The highest BCUT2D eigenvalue weighted by molar-refractivity contribution is 6.30. The van der Waals surface area contributed by atoms with Crippen LogP contribution in [0.3, 0.4) is 0 Å². The predicted molar refractivity (Wildman–Crippen MR) is 113 cm³/mol. The number of rotatable bonds is 7. The lowest BCUT2D eigenvalue weighted by Crippen LogP contribution is -2.40. The molecule has 1 aromatic rings. The number of imide groups is 1. The van der Waals surface area contributed by atoms with E-state index in [2.05, 4.69) is 27.8 Å². The van der Waals surface area contributed by atoms with Gasteiger partial charge in [0, 0.05) is 24.7 Å². The molecule has 2 N–H and O–H groups in total. The zero-order valence-electron chi connectivity index (χ0n) is 16.6. The van der Waals surface area contributed by atoms with Gasteiger partial charge in [0.1, 0.15) is 0 Å². The normalized spacial score (nSPS) is 27.7. The molecule has 2 aliphatic carbocycles. The Morgan fingerprint density at radius 2 is 1.76 bits per heavy atom. The summed E-state index contributed by atoms with van der Waals surface area (Å²) in [7, 11) is 0. The lowest BCUT2D eigenvalue weighted by molar-refractivity contribution is -0.140. The summed E-state index contributed by atoms with van der Waals surface area (Å²) in [5, 5.41) is 7.22. The SMILES string of the molecule is CCNC(=NCc1ccc(Cl)cc1)NCCCN1C(=O)C2C3C=CC(C3)C2C1=O. The van der Waals surface area contributed by atoms with Gasteiger partial charge >= 0.3 is 0 Å². The third kappa shape index (κ3) is 4.04. The number of benzene rings is 1. The fourth-order valence-electron chi connectivity index (χ4n) is 4.73. The maximum absolute atomic E-state index is 12.7. The Labute approximate surface area is 176 Å².